The molecule has 0 aromatic rings. The summed E-state index contributed by atoms with van der Waals surface area (Å²) in [6.45, 7) is 0.899. The molecule has 0 saturated carbocycles. The van der Waals surface area contributed by atoms with Gasteiger partial charge in [0.2, 0.25) is 0 Å². The molecule has 0 atom stereocenters. The van der Waals surface area contributed by atoms with E-state index in [9.17, 15) is 0 Å². The Bertz CT molecular complexity index is 116. The van der Waals surface area contributed by atoms with E-state index in [1.165, 1.54) is 0 Å². The number of rotatable bonds is 6. The molecule has 5 nitrogen and oxygen atoms in total. The summed E-state index contributed by atoms with van der Waals surface area (Å²) in [7, 11) is 0. The Hall–Kier alpha value is -0.810. The Morgan fingerprint density at radius 3 is 2.73 bits per heavy atom. The van der Waals surface area contributed by atoms with Crippen LogP contribution in [0.25, 0.3) is 0 Å². The maximum Gasteiger partial charge on any atom is 0.139 e. The predicted octanol–water partition coefficient (Wildman–Crippen LogP) is -0.478. The number of hydrogen-bond acceptors (Lipinski definition) is 4. The lowest BCUT2D eigenvalue weighted by Crippen LogP contribution is -2.12. The molecule has 66 valence electrons. The van der Waals surface area contributed by atoms with E-state index in [1.807, 2.05) is 0 Å². The second-order valence-electron chi connectivity index (χ2n) is 2.03. The van der Waals surface area contributed by atoms with Crippen LogP contribution in [0.3, 0.4) is 0 Å². The molecule has 0 aromatic heterocycles. The molecule has 4 N–H and O–H groups in total. The van der Waals surface area contributed by atoms with Gasteiger partial charge in [0.1, 0.15) is 5.84 Å². The molecular formula is C6H14N2O3. The predicted molar refractivity (Wildman–Crippen MR) is 40.5 cm³/mol. The first-order valence-electron chi connectivity index (χ1n) is 3.46. The lowest BCUT2D eigenvalue weighted by atomic mass is 10.3. The molecule has 11 heavy (non-hydrogen) atoms. The lowest BCUT2D eigenvalue weighted by Gasteiger charge is -2.00. The average molecular weight is 162 g/mol. The van der Waals surface area contributed by atoms with E-state index in [1.54, 1.807) is 0 Å². The Morgan fingerprint density at radius 2 is 2.18 bits per heavy atom. The van der Waals surface area contributed by atoms with Gasteiger partial charge >= 0.3 is 0 Å². The number of nitrogens with two attached hydrogens (primary N) is 1. The van der Waals surface area contributed by atoms with Crippen LogP contribution in [-0.4, -0.2) is 36.0 Å². The zero-order chi connectivity index (χ0) is 8.53. The smallest absolute Gasteiger partial charge is 0.139 e. The Labute approximate surface area is 65.5 Å². The molecule has 0 bridgehead atoms. The molecule has 0 aliphatic rings. The largest absolute Gasteiger partial charge is 0.409 e. The van der Waals surface area contributed by atoms with Crippen molar-refractivity contribution < 1.29 is 15.1 Å². The van der Waals surface area contributed by atoms with Gasteiger partial charge in [0, 0.05) is 13.0 Å². The third-order valence-electron chi connectivity index (χ3n) is 1.09. The lowest BCUT2D eigenvalue weighted by molar-refractivity contribution is 0.0915. The van der Waals surface area contributed by atoms with Crippen LogP contribution in [0, 0.1) is 0 Å². The fourth-order valence-corrected chi connectivity index (χ4v) is 0.572. The maximum absolute atomic E-state index is 8.31. The quantitative estimate of drug-likeness (QED) is 0.162. The van der Waals surface area contributed by atoms with E-state index in [2.05, 4.69) is 5.16 Å². The van der Waals surface area contributed by atoms with Crippen LogP contribution in [0.1, 0.15) is 12.8 Å². The van der Waals surface area contributed by atoms with E-state index >= 15 is 0 Å². The first kappa shape index (κ1) is 10.2. The number of hydrogen-bond donors (Lipinski definition) is 3. The van der Waals surface area contributed by atoms with Gasteiger partial charge < -0.3 is 20.8 Å². The van der Waals surface area contributed by atoms with Gasteiger partial charge in [-0.25, -0.2) is 0 Å². The number of nitrogens with zero attached hydrogens (tertiary/aromatic N) is 1. The Morgan fingerprint density at radius 1 is 1.45 bits per heavy atom. The third-order valence-corrected chi connectivity index (χ3v) is 1.09. The molecule has 0 aliphatic heterocycles. The summed E-state index contributed by atoms with van der Waals surface area (Å²) in [5, 5.41) is 19.2. The van der Waals surface area contributed by atoms with Crippen molar-refractivity contribution in [3.05, 3.63) is 0 Å². The molecule has 0 heterocycles. The molecule has 0 saturated heterocycles. The monoisotopic (exact) mass is 162 g/mol. The van der Waals surface area contributed by atoms with Gasteiger partial charge in [-0.05, 0) is 6.42 Å². The van der Waals surface area contributed by atoms with E-state index in [0.717, 1.165) is 0 Å². The second-order valence-corrected chi connectivity index (χ2v) is 2.03. The summed E-state index contributed by atoms with van der Waals surface area (Å²) in [5.41, 5.74) is 5.18. The Balaban J connectivity index is 3.02. The SMILES string of the molecule is N/C(CCCOCCO)=N\O. The summed E-state index contributed by atoms with van der Waals surface area (Å²) >= 11 is 0. The van der Waals surface area contributed by atoms with Crippen LogP contribution >= 0.6 is 0 Å². The number of amidine groups is 1. The number of ether oxygens (including phenoxy) is 1. The first-order chi connectivity index (χ1) is 5.31. The molecule has 0 aromatic carbocycles. The minimum absolute atomic E-state index is 0.0313. The van der Waals surface area contributed by atoms with Crippen molar-refractivity contribution >= 4 is 5.84 Å². The molecule has 0 amide bonds. The van der Waals surface area contributed by atoms with Crippen LogP contribution < -0.4 is 5.73 Å². The topological polar surface area (TPSA) is 88.1 Å². The summed E-state index contributed by atoms with van der Waals surface area (Å²) in [4.78, 5) is 0. The highest BCUT2D eigenvalue weighted by atomic mass is 16.5. The van der Waals surface area contributed by atoms with Crippen molar-refractivity contribution in [3.8, 4) is 0 Å². The number of aliphatic hydroxyl groups is 1. The van der Waals surface area contributed by atoms with Crippen LogP contribution in [-0.2, 0) is 4.74 Å². The van der Waals surface area contributed by atoms with Crippen molar-refractivity contribution in [2.75, 3.05) is 19.8 Å². The van der Waals surface area contributed by atoms with E-state index < -0.39 is 0 Å². The third kappa shape index (κ3) is 7.08. The van der Waals surface area contributed by atoms with Crippen LogP contribution in [0.2, 0.25) is 0 Å². The van der Waals surface area contributed by atoms with Crippen molar-refractivity contribution in [2.24, 2.45) is 10.9 Å². The van der Waals surface area contributed by atoms with Crippen molar-refractivity contribution in [1.82, 2.24) is 0 Å². The summed E-state index contributed by atoms with van der Waals surface area (Å²) in [6.07, 6.45) is 1.22. The highest BCUT2D eigenvalue weighted by Gasteiger charge is 1.92. The summed E-state index contributed by atoms with van der Waals surface area (Å²) in [6, 6.07) is 0. The van der Waals surface area contributed by atoms with Gasteiger partial charge in [-0.1, -0.05) is 5.16 Å². The van der Waals surface area contributed by atoms with Crippen molar-refractivity contribution in [1.29, 1.82) is 0 Å². The van der Waals surface area contributed by atoms with E-state index in [4.69, 9.17) is 20.8 Å². The summed E-state index contributed by atoms with van der Waals surface area (Å²) < 4.78 is 4.94. The van der Waals surface area contributed by atoms with E-state index in [-0.39, 0.29) is 12.4 Å². The second kappa shape index (κ2) is 7.30. The molecule has 0 aliphatic carbocycles. The average Bonchev–Trinajstić information content (AvgIpc) is 2.04. The fourth-order valence-electron chi connectivity index (χ4n) is 0.572. The molecule has 0 unspecified atom stereocenters. The van der Waals surface area contributed by atoms with E-state index in [0.29, 0.717) is 26.1 Å². The van der Waals surface area contributed by atoms with Crippen LogP contribution in [0.15, 0.2) is 5.16 Å². The Kier molecular flexibility index (Phi) is 6.76. The zero-order valence-corrected chi connectivity index (χ0v) is 6.36. The van der Waals surface area contributed by atoms with Crippen LogP contribution in [0.5, 0.6) is 0 Å². The highest BCUT2D eigenvalue weighted by Crippen LogP contribution is 1.89. The molecule has 0 rings (SSSR count). The van der Waals surface area contributed by atoms with Gasteiger partial charge in [0.15, 0.2) is 0 Å². The highest BCUT2D eigenvalue weighted by molar-refractivity contribution is 5.79. The minimum atomic E-state index is 0.0313. The standard InChI is InChI=1S/C6H14N2O3/c7-6(8-10)2-1-4-11-5-3-9/h9-10H,1-5H2,(H2,7,8). The normalized spacial score (nSPS) is 11.9. The molecular weight excluding hydrogens is 148 g/mol. The number of aliphatic hydroxyl groups excluding tert-OH is 1. The fraction of sp³-hybridized carbons (Fsp3) is 0.833. The van der Waals surface area contributed by atoms with Gasteiger partial charge in [0.25, 0.3) is 0 Å². The van der Waals surface area contributed by atoms with Crippen LogP contribution in [0.4, 0.5) is 0 Å². The maximum atomic E-state index is 8.31. The summed E-state index contributed by atoms with van der Waals surface area (Å²) in [5.74, 6) is 0.206. The van der Waals surface area contributed by atoms with Gasteiger partial charge in [-0.2, -0.15) is 0 Å². The zero-order valence-electron chi connectivity index (χ0n) is 6.36. The molecule has 0 fully saturated rings. The number of oxime groups is 1. The van der Waals surface area contributed by atoms with Crippen molar-refractivity contribution in [3.63, 3.8) is 0 Å². The molecule has 0 spiro atoms. The van der Waals surface area contributed by atoms with Gasteiger partial charge in [0.05, 0.1) is 13.2 Å². The molecule has 0 radical (unpaired) electrons. The minimum Gasteiger partial charge on any atom is -0.409 e. The van der Waals surface area contributed by atoms with Gasteiger partial charge in [-0.3, -0.25) is 0 Å². The first-order valence-corrected chi connectivity index (χ1v) is 3.46. The van der Waals surface area contributed by atoms with Gasteiger partial charge in [-0.15, -0.1) is 0 Å². The molecule has 5 heteroatoms. The van der Waals surface area contributed by atoms with Crippen molar-refractivity contribution in [2.45, 2.75) is 12.8 Å².